The highest BCUT2D eigenvalue weighted by Crippen LogP contribution is 2.08. The zero-order valence-electron chi connectivity index (χ0n) is 11.3. The summed E-state index contributed by atoms with van der Waals surface area (Å²) in [7, 11) is 3.48. The Hall–Kier alpha value is -1.40. The molecule has 1 aromatic heterocycles. The van der Waals surface area contributed by atoms with Crippen molar-refractivity contribution in [2.24, 2.45) is 0 Å². The highest BCUT2D eigenvalue weighted by Gasteiger charge is 1.99. The third-order valence-corrected chi connectivity index (χ3v) is 2.28. The summed E-state index contributed by atoms with van der Waals surface area (Å²) < 4.78 is 10.3. The third kappa shape index (κ3) is 5.79. The Morgan fingerprint density at radius 3 is 2.78 bits per heavy atom. The van der Waals surface area contributed by atoms with Crippen molar-refractivity contribution in [3.63, 3.8) is 0 Å². The van der Waals surface area contributed by atoms with E-state index in [-0.39, 0.29) is 0 Å². The molecule has 0 spiro atoms. The first-order chi connectivity index (χ1) is 8.76. The summed E-state index contributed by atoms with van der Waals surface area (Å²) in [4.78, 5) is 8.53. The summed E-state index contributed by atoms with van der Waals surface area (Å²) >= 11 is 0. The van der Waals surface area contributed by atoms with E-state index in [2.05, 4.69) is 20.6 Å². The molecule has 0 amide bonds. The number of hydrogen-bond donors (Lipinski definition) is 2. The van der Waals surface area contributed by atoms with Crippen LogP contribution in [0.5, 0.6) is 0 Å². The standard InChI is InChI=1S/C12H22N4O2/c1-10-9-11(16-12(13-2)15-10)14-5-4-6-18-8-7-17-3/h9H,4-8H2,1-3H3,(H2,13,14,15,16). The fraction of sp³-hybridized carbons (Fsp3) is 0.667. The van der Waals surface area contributed by atoms with Crippen molar-refractivity contribution < 1.29 is 9.47 Å². The zero-order chi connectivity index (χ0) is 13.2. The van der Waals surface area contributed by atoms with Crippen LogP contribution >= 0.6 is 0 Å². The van der Waals surface area contributed by atoms with Crippen LogP contribution < -0.4 is 10.6 Å². The van der Waals surface area contributed by atoms with Gasteiger partial charge in [-0.2, -0.15) is 4.98 Å². The summed E-state index contributed by atoms with van der Waals surface area (Å²) in [6.07, 6.45) is 0.932. The summed E-state index contributed by atoms with van der Waals surface area (Å²) in [6.45, 7) is 4.78. The number of methoxy groups -OCH3 is 1. The van der Waals surface area contributed by atoms with Crippen molar-refractivity contribution in [1.82, 2.24) is 9.97 Å². The fourth-order valence-corrected chi connectivity index (χ4v) is 1.41. The van der Waals surface area contributed by atoms with E-state index >= 15 is 0 Å². The van der Waals surface area contributed by atoms with Crippen molar-refractivity contribution >= 4 is 11.8 Å². The minimum absolute atomic E-state index is 0.633. The molecule has 18 heavy (non-hydrogen) atoms. The molecule has 0 aliphatic heterocycles. The molecule has 6 heteroatoms. The van der Waals surface area contributed by atoms with Gasteiger partial charge in [0.25, 0.3) is 0 Å². The molecule has 0 saturated carbocycles. The van der Waals surface area contributed by atoms with Gasteiger partial charge in [0.1, 0.15) is 5.82 Å². The minimum Gasteiger partial charge on any atom is -0.382 e. The first kappa shape index (κ1) is 14.7. The van der Waals surface area contributed by atoms with Gasteiger partial charge >= 0.3 is 0 Å². The lowest BCUT2D eigenvalue weighted by molar-refractivity contribution is 0.0705. The molecule has 102 valence electrons. The molecule has 0 fully saturated rings. The lowest BCUT2D eigenvalue weighted by atomic mass is 10.4. The van der Waals surface area contributed by atoms with E-state index in [1.165, 1.54) is 0 Å². The monoisotopic (exact) mass is 254 g/mol. The van der Waals surface area contributed by atoms with Crippen molar-refractivity contribution in [3.8, 4) is 0 Å². The van der Waals surface area contributed by atoms with Crippen LogP contribution in [0.4, 0.5) is 11.8 Å². The molecule has 0 radical (unpaired) electrons. The van der Waals surface area contributed by atoms with Crippen LogP contribution in [0.25, 0.3) is 0 Å². The first-order valence-electron chi connectivity index (χ1n) is 6.10. The number of ether oxygens (including phenoxy) is 2. The van der Waals surface area contributed by atoms with Gasteiger partial charge in [-0.25, -0.2) is 4.98 Å². The van der Waals surface area contributed by atoms with Crippen LogP contribution in [-0.2, 0) is 9.47 Å². The third-order valence-electron chi connectivity index (χ3n) is 2.28. The van der Waals surface area contributed by atoms with Crippen molar-refractivity contribution in [3.05, 3.63) is 11.8 Å². The first-order valence-corrected chi connectivity index (χ1v) is 6.10. The Kier molecular flexibility index (Phi) is 7.05. The fourth-order valence-electron chi connectivity index (χ4n) is 1.41. The number of nitrogens with zero attached hydrogens (tertiary/aromatic N) is 2. The van der Waals surface area contributed by atoms with E-state index < -0.39 is 0 Å². The topological polar surface area (TPSA) is 68.3 Å². The Bertz CT molecular complexity index is 347. The molecule has 0 atom stereocenters. The van der Waals surface area contributed by atoms with Crippen LogP contribution in [0.15, 0.2) is 6.07 Å². The highest BCUT2D eigenvalue weighted by atomic mass is 16.5. The quantitative estimate of drug-likeness (QED) is 0.647. The summed E-state index contributed by atoms with van der Waals surface area (Å²) in [5.74, 6) is 1.47. The van der Waals surface area contributed by atoms with Gasteiger partial charge in [0.15, 0.2) is 0 Å². The largest absolute Gasteiger partial charge is 0.382 e. The Morgan fingerprint density at radius 2 is 2.06 bits per heavy atom. The zero-order valence-corrected chi connectivity index (χ0v) is 11.3. The second kappa shape index (κ2) is 8.66. The van der Waals surface area contributed by atoms with Gasteiger partial charge in [0, 0.05) is 39.1 Å². The summed E-state index contributed by atoms with van der Waals surface area (Å²) in [6, 6.07) is 1.92. The van der Waals surface area contributed by atoms with Gasteiger partial charge in [-0.15, -0.1) is 0 Å². The molecule has 1 rings (SSSR count). The van der Waals surface area contributed by atoms with Gasteiger partial charge in [-0.05, 0) is 13.3 Å². The van der Waals surface area contributed by atoms with E-state index in [1.807, 2.05) is 20.0 Å². The van der Waals surface area contributed by atoms with E-state index in [0.29, 0.717) is 19.2 Å². The number of aromatic nitrogens is 2. The highest BCUT2D eigenvalue weighted by molar-refractivity contribution is 5.41. The van der Waals surface area contributed by atoms with Crippen LogP contribution in [0.1, 0.15) is 12.1 Å². The predicted molar refractivity (Wildman–Crippen MR) is 72.1 cm³/mol. The van der Waals surface area contributed by atoms with Gasteiger partial charge in [-0.1, -0.05) is 0 Å². The molecule has 0 aromatic carbocycles. The van der Waals surface area contributed by atoms with Crippen LogP contribution in [0, 0.1) is 6.92 Å². The average molecular weight is 254 g/mol. The number of hydrogen-bond acceptors (Lipinski definition) is 6. The summed E-state index contributed by atoms with van der Waals surface area (Å²) in [5, 5.41) is 6.18. The normalized spacial score (nSPS) is 10.4. The molecular formula is C12H22N4O2. The number of rotatable bonds is 9. The van der Waals surface area contributed by atoms with Gasteiger partial charge < -0.3 is 20.1 Å². The van der Waals surface area contributed by atoms with Crippen molar-refractivity contribution in [1.29, 1.82) is 0 Å². The van der Waals surface area contributed by atoms with Gasteiger partial charge in [0.05, 0.1) is 13.2 Å². The molecule has 2 N–H and O–H groups in total. The number of aryl methyl sites for hydroxylation is 1. The van der Waals surface area contributed by atoms with Crippen LogP contribution in [-0.4, -0.2) is 50.5 Å². The van der Waals surface area contributed by atoms with Crippen molar-refractivity contribution in [2.45, 2.75) is 13.3 Å². The van der Waals surface area contributed by atoms with Crippen LogP contribution in [0.3, 0.4) is 0 Å². The maximum Gasteiger partial charge on any atom is 0.224 e. The number of anilines is 2. The minimum atomic E-state index is 0.633. The van der Waals surface area contributed by atoms with Gasteiger partial charge in [0.2, 0.25) is 5.95 Å². The maximum atomic E-state index is 5.37. The predicted octanol–water partition coefficient (Wildman–Crippen LogP) is 1.29. The second-order valence-corrected chi connectivity index (χ2v) is 3.85. The van der Waals surface area contributed by atoms with Gasteiger partial charge in [-0.3, -0.25) is 0 Å². The molecule has 1 aromatic rings. The average Bonchev–Trinajstić information content (AvgIpc) is 2.37. The molecule has 0 saturated heterocycles. The lowest BCUT2D eigenvalue weighted by Crippen LogP contribution is -2.10. The Balaban J connectivity index is 2.20. The van der Waals surface area contributed by atoms with Crippen LogP contribution in [0.2, 0.25) is 0 Å². The molecule has 6 nitrogen and oxygen atoms in total. The van der Waals surface area contributed by atoms with E-state index in [0.717, 1.165) is 31.1 Å². The number of nitrogens with one attached hydrogen (secondary N) is 2. The molecule has 1 heterocycles. The van der Waals surface area contributed by atoms with E-state index in [1.54, 1.807) is 7.11 Å². The lowest BCUT2D eigenvalue weighted by Gasteiger charge is -2.08. The molecule has 0 bridgehead atoms. The molecule has 0 aliphatic rings. The maximum absolute atomic E-state index is 5.37. The molecule has 0 aliphatic carbocycles. The molecular weight excluding hydrogens is 232 g/mol. The second-order valence-electron chi connectivity index (χ2n) is 3.85. The smallest absolute Gasteiger partial charge is 0.224 e. The SMILES string of the molecule is CNc1nc(C)cc(NCCCOCCOC)n1. The Labute approximate surface area is 108 Å². The van der Waals surface area contributed by atoms with Crippen molar-refractivity contribution in [2.75, 3.05) is 51.2 Å². The van der Waals surface area contributed by atoms with E-state index in [4.69, 9.17) is 9.47 Å². The Morgan fingerprint density at radius 1 is 1.22 bits per heavy atom. The summed E-state index contributed by atoms with van der Waals surface area (Å²) in [5.41, 5.74) is 0.938. The van der Waals surface area contributed by atoms with E-state index in [9.17, 15) is 0 Å². The molecule has 0 unspecified atom stereocenters.